The molecule has 158 valence electrons. The molecule has 12 heteroatoms. The van der Waals surface area contributed by atoms with Gasteiger partial charge >= 0.3 is 5.51 Å². The maximum Gasteiger partial charge on any atom is 0.485 e. The summed E-state index contributed by atoms with van der Waals surface area (Å²) in [6, 6.07) is 12.2. The molecule has 0 amide bonds. The molecule has 0 aliphatic heterocycles. The van der Waals surface area contributed by atoms with E-state index in [0.29, 0.717) is 0 Å². The SMILES string of the molecule is CC[n+]1ccccc1.CC[n+]1ccccc1.F.F.O=S(=O)([O-])C(F)(F)F.[F-]. The summed E-state index contributed by atoms with van der Waals surface area (Å²) in [7, 11) is -6.09. The van der Waals surface area contributed by atoms with Gasteiger partial charge in [0.2, 0.25) is 0 Å². The molecule has 27 heavy (non-hydrogen) atoms. The van der Waals surface area contributed by atoms with E-state index in [9.17, 15) is 13.2 Å². The van der Waals surface area contributed by atoms with E-state index in [2.05, 4.69) is 47.8 Å². The molecular formula is C15H22F6N2O3S. The van der Waals surface area contributed by atoms with Crippen molar-refractivity contribution in [3.8, 4) is 0 Å². The highest BCUT2D eigenvalue weighted by atomic mass is 32.2. The molecule has 0 atom stereocenters. The molecule has 2 aromatic heterocycles. The van der Waals surface area contributed by atoms with E-state index in [0.717, 1.165) is 13.1 Å². The molecule has 2 aromatic rings. The molecule has 0 radical (unpaired) electrons. The molecule has 0 aliphatic rings. The molecule has 0 saturated carbocycles. The summed E-state index contributed by atoms with van der Waals surface area (Å²) in [5.41, 5.74) is -5.65. The van der Waals surface area contributed by atoms with Gasteiger partial charge in [0, 0.05) is 24.3 Å². The Labute approximate surface area is 153 Å². The second kappa shape index (κ2) is 16.0. The molecule has 0 N–H and O–H groups in total. The van der Waals surface area contributed by atoms with Crippen LogP contribution in [-0.4, -0.2) is 18.5 Å². The third kappa shape index (κ3) is 15.7. The van der Waals surface area contributed by atoms with Crippen molar-refractivity contribution in [2.45, 2.75) is 32.4 Å². The zero-order chi connectivity index (χ0) is 18.6. The topological polar surface area (TPSA) is 65.0 Å². The highest BCUT2D eigenvalue weighted by Gasteiger charge is 2.36. The molecule has 0 spiro atoms. The molecule has 0 bridgehead atoms. The third-order valence-corrected chi connectivity index (χ3v) is 3.14. The lowest BCUT2D eigenvalue weighted by atomic mass is 10.5. The highest BCUT2D eigenvalue weighted by molar-refractivity contribution is 7.86. The molecule has 2 rings (SSSR count). The van der Waals surface area contributed by atoms with Crippen LogP contribution in [0, 0.1) is 0 Å². The number of alkyl halides is 3. The van der Waals surface area contributed by atoms with Gasteiger partial charge in [0.1, 0.15) is 13.1 Å². The number of hydrogen-bond acceptors (Lipinski definition) is 3. The van der Waals surface area contributed by atoms with Crippen molar-refractivity contribution in [2.75, 3.05) is 0 Å². The van der Waals surface area contributed by atoms with Gasteiger partial charge in [0.25, 0.3) is 0 Å². The molecule has 0 unspecified atom stereocenters. The molecule has 0 aliphatic carbocycles. The lowest BCUT2D eigenvalue weighted by molar-refractivity contribution is -0.693. The second-order valence-corrected chi connectivity index (χ2v) is 5.68. The van der Waals surface area contributed by atoms with Crippen LogP contribution in [0.3, 0.4) is 0 Å². The van der Waals surface area contributed by atoms with Gasteiger partial charge in [-0.1, -0.05) is 12.1 Å². The molecule has 5 nitrogen and oxygen atoms in total. The van der Waals surface area contributed by atoms with Crippen molar-refractivity contribution < 1.29 is 49.4 Å². The summed E-state index contributed by atoms with van der Waals surface area (Å²) in [6.45, 7) is 6.36. The van der Waals surface area contributed by atoms with Crippen LogP contribution in [0.25, 0.3) is 0 Å². The van der Waals surface area contributed by atoms with Crippen LogP contribution >= 0.6 is 0 Å². The molecule has 0 aromatic carbocycles. The maximum absolute atomic E-state index is 10.7. The number of aryl methyl sites for hydroxylation is 2. The number of nitrogens with zero attached hydrogens (tertiary/aromatic N) is 2. The lowest BCUT2D eigenvalue weighted by Gasteiger charge is -2.08. The minimum absolute atomic E-state index is 0. The van der Waals surface area contributed by atoms with Gasteiger partial charge in [-0.05, 0) is 13.8 Å². The average molecular weight is 424 g/mol. The van der Waals surface area contributed by atoms with E-state index in [1.54, 1.807) is 0 Å². The number of hydrogen-bond donors (Lipinski definition) is 0. The predicted molar refractivity (Wildman–Crippen MR) is 85.4 cm³/mol. The Kier molecular flexibility index (Phi) is 19.2. The van der Waals surface area contributed by atoms with Gasteiger partial charge in [0.15, 0.2) is 34.9 Å². The summed E-state index contributed by atoms with van der Waals surface area (Å²) >= 11 is 0. The van der Waals surface area contributed by atoms with Crippen LogP contribution in [0.2, 0.25) is 0 Å². The van der Waals surface area contributed by atoms with Gasteiger partial charge in [-0.15, -0.1) is 0 Å². The monoisotopic (exact) mass is 424 g/mol. The summed E-state index contributed by atoms with van der Waals surface area (Å²) in [5, 5.41) is 0. The molecule has 0 saturated heterocycles. The van der Waals surface area contributed by atoms with Crippen molar-refractivity contribution in [3.63, 3.8) is 0 Å². The normalized spacial score (nSPS) is 9.56. The van der Waals surface area contributed by atoms with Crippen molar-refractivity contribution in [2.24, 2.45) is 0 Å². The van der Waals surface area contributed by atoms with Crippen LogP contribution in [0.4, 0.5) is 22.6 Å². The van der Waals surface area contributed by atoms with E-state index in [1.165, 1.54) is 0 Å². The first-order valence-corrected chi connectivity index (χ1v) is 8.43. The van der Waals surface area contributed by atoms with E-state index < -0.39 is 15.6 Å². The summed E-state index contributed by atoms with van der Waals surface area (Å²) in [6.07, 6.45) is 8.22. The summed E-state index contributed by atoms with van der Waals surface area (Å²) in [5.74, 6) is 0. The van der Waals surface area contributed by atoms with E-state index in [4.69, 9.17) is 13.0 Å². The van der Waals surface area contributed by atoms with Crippen LogP contribution in [-0.2, 0) is 23.2 Å². The number of halogens is 6. The maximum atomic E-state index is 10.7. The van der Waals surface area contributed by atoms with Gasteiger partial charge in [-0.2, -0.15) is 13.2 Å². The Balaban J connectivity index is -0.000000139. The Hall–Kier alpha value is -2.21. The zero-order valence-corrected chi connectivity index (χ0v) is 15.4. The van der Waals surface area contributed by atoms with E-state index >= 15 is 0 Å². The quantitative estimate of drug-likeness (QED) is 0.279. The van der Waals surface area contributed by atoms with Crippen LogP contribution in [0.15, 0.2) is 61.2 Å². The second-order valence-electron chi connectivity index (χ2n) is 4.31. The number of rotatable bonds is 2. The Morgan fingerprint density at radius 3 is 1.11 bits per heavy atom. The van der Waals surface area contributed by atoms with E-state index in [-0.39, 0.29) is 14.1 Å². The smallest absolute Gasteiger partial charge is 0.485 e. The van der Waals surface area contributed by atoms with Crippen LogP contribution < -0.4 is 13.8 Å². The third-order valence-electron chi connectivity index (χ3n) is 2.57. The van der Waals surface area contributed by atoms with Gasteiger partial charge in [0.05, 0.1) is 0 Å². The molecule has 2 heterocycles. The lowest BCUT2D eigenvalue weighted by Crippen LogP contribution is -3.00. The first-order valence-electron chi connectivity index (χ1n) is 7.02. The Morgan fingerprint density at radius 2 is 1.00 bits per heavy atom. The van der Waals surface area contributed by atoms with Crippen LogP contribution in [0.5, 0.6) is 0 Å². The number of pyridine rings is 2. The zero-order valence-electron chi connectivity index (χ0n) is 14.5. The van der Waals surface area contributed by atoms with Crippen molar-refractivity contribution >= 4 is 10.1 Å². The van der Waals surface area contributed by atoms with Gasteiger partial charge < -0.3 is 9.26 Å². The van der Waals surface area contributed by atoms with Crippen LogP contribution in [0.1, 0.15) is 13.8 Å². The first-order chi connectivity index (χ1) is 11.1. The largest absolute Gasteiger partial charge is 1.00 e. The van der Waals surface area contributed by atoms with Gasteiger partial charge in [-0.25, -0.2) is 17.6 Å². The highest BCUT2D eigenvalue weighted by Crippen LogP contribution is 2.20. The molecule has 0 fully saturated rings. The van der Waals surface area contributed by atoms with Crippen molar-refractivity contribution in [3.05, 3.63) is 61.2 Å². The van der Waals surface area contributed by atoms with Gasteiger partial charge in [-0.3, -0.25) is 9.41 Å². The minimum Gasteiger partial charge on any atom is -1.00 e. The predicted octanol–water partition coefficient (Wildman–Crippen LogP) is -0.652. The van der Waals surface area contributed by atoms with E-state index in [1.807, 2.05) is 36.4 Å². The molecular weight excluding hydrogens is 402 g/mol. The van der Waals surface area contributed by atoms with Crippen molar-refractivity contribution in [1.82, 2.24) is 0 Å². The summed E-state index contributed by atoms with van der Waals surface area (Å²) in [4.78, 5) is 0. The first kappa shape index (κ1) is 32.5. The standard InChI is InChI=1S/2C7H10N.CHF3O3S.3FH/c2*1-2-8-6-4-3-5-7-8;2-1(3,4)8(5,6)7;;;/h2*3-7H,2H2,1H3;(H,5,6,7);3*1H/q2*+1;;;;/p-2. The number of aromatic nitrogens is 2. The fraction of sp³-hybridized carbons (Fsp3) is 0.333. The average Bonchev–Trinajstić information content (AvgIpc) is 2.56. The summed E-state index contributed by atoms with van der Waals surface area (Å²) < 4.78 is 63.2. The Bertz CT molecular complexity index is 631. The minimum atomic E-state index is -6.09. The fourth-order valence-electron chi connectivity index (χ4n) is 1.29. The van der Waals surface area contributed by atoms with Crippen molar-refractivity contribution in [1.29, 1.82) is 0 Å². The Morgan fingerprint density at radius 1 is 0.778 bits per heavy atom. The fourth-order valence-corrected chi connectivity index (χ4v) is 1.29.